The SMILES string of the molecule is CC(C#N)CNC(=O)c1coc2ccccc12. The van der Waals surface area contributed by atoms with Gasteiger partial charge in [0.25, 0.3) is 5.91 Å². The van der Waals surface area contributed by atoms with Gasteiger partial charge in [0, 0.05) is 11.9 Å². The minimum Gasteiger partial charge on any atom is -0.463 e. The van der Waals surface area contributed by atoms with E-state index in [0.29, 0.717) is 17.7 Å². The Hall–Kier alpha value is -2.28. The number of nitriles is 1. The summed E-state index contributed by atoms with van der Waals surface area (Å²) in [5.41, 5.74) is 1.19. The molecule has 1 amide bonds. The summed E-state index contributed by atoms with van der Waals surface area (Å²) in [6.07, 6.45) is 1.44. The number of benzene rings is 1. The van der Waals surface area contributed by atoms with Gasteiger partial charge in [0.2, 0.25) is 0 Å². The molecule has 0 radical (unpaired) electrons. The molecule has 4 nitrogen and oxygen atoms in total. The lowest BCUT2D eigenvalue weighted by Gasteiger charge is -2.04. The second-order valence-corrected chi connectivity index (χ2v) is 3.89. The molecule has 1 heterocycles. The first kappa shape index (κ1) is 11.2. The Labute approximate surface area is 98.8 Å². The first-order valence-corrected chi connectivity index (χ1v) is 5.36. The van der Waals surface area contributed by atoms with Crippen LogP contribution in [-0.2, 0) is 0 Å². The zero-order valence-corrected chi connectivity index (χ0v) is 9.43. The molecule has 4 heteroatoms. The van der Waals surface area contributed by atoms with Crippen LogP contribution in [0.15, 0.2) is 34.9 Å². The number of nitrogens with zero attached hydrogens (tertiary/aromatic N) is 1. The van der Waals surface area contributed by atoms with E-state index >= 15 is 0 Å². The normalized spacial score (nSPS) is 12.0. The van der Waals surface area contributed by atoms with Gasteiger partial charge in [0.05, 0.1) is 17.6 Å². The first-order chi connectivity index (χ1) is 8.22. The van der Waals surface area contributed by atoms with Crippen LogP contribution in [0.25, 0.3) is 11.0 Å². The zero-order valence-electron chi connectivity index (χ0n) is 9.43. The fraction of sp³-hybridized carbons (Fsp3) is 0.231. The van der Waals surface area contributed by atoms with Crippen LogP contribution in [0, 0.1) is 17.2 Å². The maximum atomic E-state index is 11.9. The summed E-state index contributed by atoms with van der Waals surface area (Å²) in [6, 6.07) is 9.42. The van der Waals surface area contributed by atoms with Crippen molar-refractivity contribution in [3.8, 4) is 6.07 Å². The van der Waals surface area contributed by atoms with E-state index in [9.17, 15) is 4.79 Å². The molecule has 0 saturated heterocycles. The van der Waals surface area contributed by atoms with Gasteiger partial charge in [0.15, 0.2) is 0 Å². The maximum absolute atomic E-state index is 11.9. The molecule has 1 N–H and O–H groups in total. The number of amides is 1. The number of nitrogens with one attached hydrogen (secondary N) is 1. The Morgan fingerprint density at radius 2 is 2.29 bits per heavy atom. The van der Waals surface area contributed by atoms with E-state index in [1.54, 1.807) is 6.92 Å². The Morgan fingerprint density at radius 3 is 3.06 bits per heavy atom. The number of para-hydroxylation sites is 1. The van der Waals surface area contributed by atoms with Crippen molar-refractivity contribution in [1.29, 1.82) is 5.26 Å². The number of hydrogen-bond acceptors (Lipinski definition) is 3. The highest BCUT2D eigenvalue weighted by Gasteiger charge is 2.13. The van der Waals surface area contributed by atoms with Crippen molar-refractivity contribution >= 4 is 16.9 Å². The summed E-state index contributed by atoms with van der Waals surface area (Å²) in [5, 5.41) is 12.1. The number of fused-ring (bicyclic) bond motifs is 1. The summed E-state index contributed by atoms with van der Waals surface area (Å²) in [5.74, 6) is -0.408. The molecule has 0 bridgehead atoms. The lowest BCUT2D eigenvalue weighted by molar-refractivity contribution is 0.0951. The van der Waals surface area contributed by atoms with Gasteiger partial charge in [0.1, 0.15) is 11.8 Å². The van der Waals surface area contributed by atoms with E-state index in [4.69, 9.17) is 9.68 Å². The first-order valence-electron chi connectivity index (χ1n) is 5.36. The van der Waals surface area contributed by atoms with Crippen molar-refractivity contribution in [3.05, 3.63) is 36.1 Å². The predicted octanol–water partition coefficient (Wildman–Crippen LogP) is 2.32. The van der Waals surface area contributed by atoms with Crippen LogP contribution in [0.4, 0.5) is 0 Å². The molecule has 2 aromatic rings. The summed E-state index contributed by atoms with van der Waals surface area (Å²) in [4.78, 5) is 11.9. The second-order valence-electron chi connectivity index (χ2n) is 3.89. The van der Waals surface area contributed by atoms with E-state index in [1.165, 1.54) is 6.26 Å². The van der Waals surface area contributed by atoms with Crippen molar-refractivity contribution in [2.24, 2.45) is 5.92 Å². The van der Waals surface area contributed by atoms with Gasteiger partial charge in [-0.05, 0) is 13.0 Å². The van der Waals surface area contributed by atoms with Gasteiger partial charge >= 0.3 is 0 Å². The fourth-order valence-electron chi connectivity index (χ4n) is 1.54. The van der Waals surface area contributed by atoms with Crippen molar-refractivity contribution in [2.45, 2.75) is 6.92 Å². The van der Waals surface area contributed by atoms with E-state index in [2.05, 4.69) is 11.4 Å². The maximum Gasteiger partial charge on any atom is 0.255 e. The summed E-state index contributed by atoms with van der Waals surface area (Å²) < 4.78 is 5.28. The van der Waals surface area contributed by atoms with Crippen LogP contribution >= 0.6 is 0 Å². The number of furan rings is 1. The molecule has 1 aromatic carbocycles. The molecule has 86 valence electrons. The molecule has 1 unspecified atom stereocenters. The van der Waals surface area contributed by atoms with Gasteiger partial charge in [-0.15, -0.1) is 0 Å². The Kier molecular flexibility index (Phi) is 3.10. The van der Waals surface area contributed by atoms with Gasteiger partial charge in [-0.3, -0.25) is 4.79 Å². The van der Waals surface area contributed by atoms with Crippen LogP contribution in [0.5, 0.6) is 0 Å². The fourth-order valence-corrected chi connectivity index (χ4v) is 1.54. The van der Waals surface area contributed by atoms with E-state index in [1.807, 2.05) is 24.3 Å². The molecule has 0 saturated carbocycles. The third-order valence-electron chi connectivity index (χ3n) is 2.51. The van der Waals surface area contributed by atoms with Crippen molar-refractivity contribution in [1.82, 2.24) is 5.32 Å². The Morgan fingerprint density at radius 1 is 1.53 bits per heavy atom. The van der Waals surface area contributed by atoms with Crippen LogP contribution in [0.1, 0.15) is 17.3 Å². The number of rotatable bonds is 3. The van der Waals surface area contributed by atoms with Gasteiger partial charge in [-0.2, -0.15) is 5.26 Å². The average molecular weight is 228 g/mol. The minimum atomic E-state index is -0.211. The smallest absolute Gasteiger partial charge is 0.255 e. The molecule has 0 fully saturated rings. The third-order valence-corrected chi connectivity index (χ3v) is 2.51. The summed E-state index contributed by atoms with van der Waals surface area (Å²) in [6.45, 7) is 2.10. The molecule has 0 aliphatic heterocycles. The predicted molar refractivity (Wildman–Crippen MR) is 63.3 cm³/mol. The standard InChI is InChI=1S/C13H12N2O2/c1-9(6-14)7-15-13(16)11-8-17-12-5-3-2-4-10(11)12/h2-5,8-9H,7H2,1H3,(H,15,16). The molecule has 17 heavy (non-hydrogen) atoms. The molecular formula is C13H12N2O2. The highest BCUT2D eigenvalue weighted by molar-refractivity contribution is 6.05. The minimum absolute atomic E-state index is 0.197. The molecular weight excluding hydrogens is 216 g/mol. The van der Waals surface area contributed by atoms with Gasteiger partial charge in [-0.25, -0.2) is 0 Å². The lowest BCUT2D eigenvalue weighted by Crippen LogP contribution is -2.27. The van der Waals surface area contributed by atoms with Gasteiger partial charge < -0.3 is 9.73 Å². The third kappa shape index (κ3) is 2.28. The molecule has 0 aliphatic rings. The van der Waals surface area contributed by atoms with Crippen LogP contribution in [-0.4, -0.2) is 12.5 Å². The van der Waals surface area contributed by atoms with Crippen molar-refractivity contribution in [2.75, 3.05) is 6.54 Å². The number of carbonyl (C=O) groups excluding carboxylic acids is 1. The van der Waals surface area contributed by atoms with Crippen molar-refractivity contribution in [3.63, 3.8) is 0 Å². The van der Waals surface area contributed by atoms with Crippen LogP contribution in [0.2, 0.25) is 0 Å². The highest BCUT2D eigenvalue weighted by Crippen LogP contribution is 2.20. The molecule has 0 spiro atoms. The molecule has 1 atom stereocenters. The molecule has 1 aromatic heterocycles. The zero-order chi connectivity index (χ0) is 12.3. The quantitative estimate of drug-likeness (QED) is 0.876. The van der Waals surface area contributed by atoms with E-state index in [0.717, 1.165) is 5.39 Å². The largest absolute Gasteiger partial charge is 0.463 e. The van der Waals surface area contributed by atoms with E-state index in [-0.39, 0.29) is 11.8 Å². The topological polar surface area (TPSA) is 66.0 Å². The van der Waals surface area contributed by atoms with Crippen LogP contribution < -0.4 is 5.32 Å². The number of hydrogen-bond donors (Lipinski definition) is 1. The van der Waals surface area contributed by atoms with Gasteiger partial charge in [-0.1, -0.05) is 18.2 Å². The summed E-state index contributed by atoms with van der Waals surface area (Å²) in [7, 11) is 0. The number of carbonyl (C=O) groups is 1. The Bertz CT molecular complexity index is 580. The Balaban J connectivity index is 2.17. The monoisotopic (exact) mass is 228 g/mol. The van der Waals surface area contributed by atoms with Crippen LogP contribution in [0.3, 0.4) is 0 Å². The molecule has 2 rings (SSSR count). The lowest BCUT2D eigenvalue weighted by atomic mass is 10.1. The summed E-state index contributed by atoms with van der Waals surface area (Å²) >= 11 is 0. The average Bonchev–Trinajstić information content (AvgIpc) is 2.79. The van der Waals surface area contributed by atoms with E-state index < -0.39 is 0 Å². The van der Waals surface area contributed by atoms with Crippen molar-refractivity contribution < 1.29 is 9.21 Å². The second kappa shape index (κ2) is 4.71. The highest BCUT2D eigenvalue weighted by atomic mass is 16.3. The molecule has 0 aliphatic carbocycles.